The molecule has 20 heavy (non-hydrogen) atoms. The monoisotopic (exact) mass is 282 g/mol. The molecule has 0 amide bonds. The highest BCUT2D eigenvalue weighted by atomic mass is 15.3. The lowest BCUT2D eigenvalue weighted by atomic mass is 9.92. The SMILES string of the molecule is CC(C)C1CNC(C)(C)CN1CC1CN(C)CCN1C. The van der Waals surface area contributed by atoms with E-state index in [4.69, 9.17) is 0 Å². The lowest BCUT2D eigenvalue weighted by Gasteiger charge is -2.49. The zero-order chi connectivity index (χ0) is 14.9. The third kappa shape index (κ3) is 3.94. The third-order valence-electron chi connectivity index (χ3n) is 5.05. The summed E-state index contributed by atoms with van der Waals surface area (Å²) in [5.41, 5.74) is 0.241. The molecule has 2 atom stereocenters. The predicted molar refractivity (Wildman–Crippen MR) is 86.2 cm³/mol. The van der Waals surface area contributed by atoms with Gasteiger partial charge in [0.1, 0.15) is 0 Å². The second kappa shape index (κ2) is 6.30. The maximum absolute atomic E-state index is 3.71. The van der Waals surface area contributed by atoms with Crippen LogP contribution < -0.4 is 5.32 Å². The average molecular weight is 282 g/mol. The smallest absolute Gasteiger partial charge is 0.0347 e. The van der Waals surface area contributed by atoms with Crippen LogP contribution in [0.3, 0.4) is 0 Å². The van der Waals surface area contributed by atoms with Crippen molar-refractivity contribution in [2.45, 2.75) is 45.3 Å². The Morgan fingerprint density at radius 2 is 1.90 bits per heavy atom. The molecule has 2 fully saturated rings. The Balaban J connectivity index is 2.02. The molecule has 2 heterocycles. The van der Waals surface area contributed by atoms with Crippen molar-refractivity contribution in [2.75, 3.05) is 53.4 Å². The number of rotatable bonds is 3. The quantitative estimate of drug-likeness (QED) is 0.831. The fourth-order valence-corrected chi connectivity index (χ4v) is 3.62. The standard InChI is InChI=1S/C16H34N4/c1-13(2)15-9-17-16(3,4)12-20(15)11-14-10-18(5)7-8-19(14)6/h13-15,17H,7-12H2,1-6H3. The Morgan fingerprint density at radius 1 is 1.20 bits per heavy atom. The minimum atomic E-state index is 0.241. The first-order valence-corrected chi connectivity index (χ1v) is 8.16. The van der Waals surface area contributed by atoms with Gasteiger partial charge < -0.3 is 10.2 Å². The first kappa shape index (κ1) is 16.2. The highest BCUT2D eigenvalue weighted by Gasteiger charge is 2.36. The van der Waals surface area contributed by atoms with Crippen LogP contribution >= 0.6 is 0 Å². The third-order valence-corrected chi connectivity index (χ3v) is 5.05. The van der Waals surface area contributed by atoms with Gasteiger partial charge in [-0.25, -0.2) is 0 Å². The van der Waals surface area contributed by atoms with Gasteiger partial charge in [-0.1, -0.05) is 13.8 Å². The molecule has 2 aliphatic heterocycles. The number of likely N-dealkylation sites (N-methyl/N-ethyl adjacent to an activating group) is 2. The highest BCUT2D eigenvalue weighted by molar-refractivity contribution is 4.95. The molecule has 0 bridgehead atoms. The normalized spacial score (nSPS) is 33.8. The first-order valence-electron chi connectivity index (χ1n) is 8.16. The van der Waals surface area contributed by atoms with Crippen LogP contribution in [0.5, 0.6) is 0 Å². The second-order valence-electron chi connectivity index (χ2n) is 7.90. The Labute approximate surface area is 125 Å². The number of hydrogen-bond acceptors (Lipinski definition) is 4. The summed E-state index contributed by atoms with van der Waals surface area (Å²) < 4.78 is 0. The van der Waals surface area contributed by atoms with Crippen molar-refractivity contribution < 1.29 is 0 Å². The van der Waals surface area contributed by atoms with Gasteiger partial charge in [-0.05, 0) is 33.9 Å². The van der Waals surface area contributed by atoms with Crippen LogP contribution in [0.2, 0.25) is 0 Å². The summed E-state index contributed by atoms with van der Waals surface area (Å²) in [5.74, 6) is 0.713. The zero-order valence-electron chi connectivity index (χ0n) is 14.3. The number of hydrogen-bond donors (Lipinski definition) is 1. The van der Waals surface area contributed by atoms with E-state index in [0.29, 0.717) is 18.0 Å². The molecule has 2 unspecified atom stereocenters. The number of nitrogens with zero attached hydrogens (tertiary/aromatic N) is 3. The number of piperazine rings is 2. The molecule has 0 aromatic rings. The molecule has 0 aliphatic carbocycles. The molecule has 118 valence electrons. The van der Waals surface area contributed by atoms with Crippen molar-refractivity contribution in [1.82, 2.24) is 20.0 Å². The van der Waals surface area contributed by atoms with Gasteiger partial charge >= 0.3 is 0 Å². The van der Waals surface area contributed by atoms with Gasteiger partial charge in [0.05, 0.1) is 0 Å². The van der Waals surface area contributed by atoms with E-state index < -0.39 is 0 Å². The topological polar surface area (TPSA) is 21.8 Å². The molecule has 0 aromatic heterocycles. The van der Waals surface area contributed by atoms with E-state index in [-0.39, 0.29) is 5.54 Å². The van der Waals surface area contributed by atoms with E-state index in [0.717, 1.165) is 13.1 Å². The van der Waals surface area contributed by atoms with E-state index in [1.54, 1.807) is 0 Å². The maximum atomic E-state index is 3.71. The summed E-state index contributed by atoms with van der Waals surface area (Å²) in [5, 5.41) is 3.71. The van der Waals surface area contributed by atoms with Crippen LogP contribution in [0.4, 0.5) is 0 Å². The zero-order valence-corrected chi connectivity index (χ0v) is 14.3. The van der Waals surface area contributed by atoms with Crippen LogP contribution in [0.25, 0.3) is 0 Å². The average Bonchev–Trinajstić information content (AvgIpc) is 2.32. The Morgan fingerprint density at radius 3 is 2.55 bits per heavy atom. The van der Waals surface area contributed by atoms with E-state index in [1.807, 2.05) is 0 Å². The minimum absolute atomic E-state index is 0.241. The summed E-state index contributed by atoms with van der Waals surface area (Å²) in [7, 11) is 4.54. The van der Waals surface area contributed by atoms with Crippen molar-refractivity contribution in [3.05, 3.63) is 0 Å². The Kier molecular flexibility index (Phi) is 5.11. The van der Waals surface area contributed by atoms with Gasteiger partial charge in [-0.2, -0.15) is 0 Å². The van der Waals surface area contributed by atoms with Crippen LogP contribution in [0, 0.1) is 5.92 Å². The molecule has 2 saturated heterocycles. The van der Waals surface area contributed by atoms with Crippen LogP contribution in [0.1, 0.15) is 27.7 Å². The highest BCUT2D eigenvalue weighted by Crippen LogP contribution is 2.21. The van der Waals surface area contributed by atoms with Crippen molar-refractivity contribution in [3.8, 4) is 0 Å². The van der Waals surface area contributed by atoms with Crippen molar-refractivity contribution in [3.63, 3.8) is 0 Å². The van der Waals surface area contributed by atoms with Crippen molar-refractivity contribution in [1.29, 1.82) is 0 Å². The molecule has 4 nitrogen and oxygen atoms in total. The molecular weight excluding hydrogens is 248 g/mol. The molecule has 0 saturated carbocycles. The van der Waals surface area contributed by atoms with Gasteiger partial charge in [0.2, 0.25) is 0 Å². The molecule has 4 heteroatoms. The molecule has 2 aliphatic rings. The van der Waals surface area contributed by atoms with E-state index in [2.05, 4.69) is 61.8 Å². The summed E-state index contributed by atoms with van der Waals surface area (Å²) in [6.45, 7) is 16.4. The van der Waals surface area contributed by atoms with Crippen molar-refractivity contribution in [2.24, 2.45) is 5.92 Å². The molecule has 0 aromatic carbocycles. The van der Waals surface area contributed by atoms with Gasteiger partial charge in [0.15, 0.2) is 0 Å². The van der Waals surface area contributed by atoms with E-state index in [1.165, 1.54) is 26.2 Å². The summed E-state index contributed by atoms with van der Waals surface area (Å²) in [4.78, 5) is 7.76. The second-order valence-corrected chi connectivity index (χ2v) is 7.90. The lowest BCUT2D eigenvalue weighted by Crippen LogP contribution is -2.65. The largest absolute Gasteiger partial charge is 0.309 e. The van der Waals surface area contributed by atoms with E-state index >= 15 is 0 Å². The van der Waals surface area contributed by atoms with E-state index in [9.17, 15) is 0 Å². The summed E-state index contributed by atoms with van der Waals surface area (Å²) in [6, 6.07) is 1.34. The fourth-order valence-electron chi connectivity index (χ4n) is 3.62. The molecule has 0 spiro atoms. The maximum Gasteiger partial charge on any atom is 0.0347 e. The van der Waals surface area contributed by atoms with Gasteiger partial charge in [0.25, 0.3) is 0 Å². The molecular formula is C16H34N4. The van der Waals surface area contributed by atoms with Gasteiger partial charge in [-0.15, -0.1) is 0 Å². The first-order chi connectivity index (χ1) is 9.28. The number of nitrogens with one attached hydrogen (secondary N) is 1. The van der Waals surface area contributed by atoms with Gasteiger partial charge in [0, 0.05) is 56.9 Å². The minimum Gasteiger partial charge on any atom is -0.309 e. The van der Waals surface area contributed by atoms with Crippen LogP contribution in [-0.2, 0) is 0 Å². The summed E-state index contributed by atoms with van der Waals surface area (Å²) >= 11 is 0. The fraction of sp³-hybridized carbons (Fsp3) is 1.00. The Bertz CT molecular complexity index is 316. The molecule has 2 rings (SSSR count). The van der Waals surface area contributed by atoms with Crippen molar-refractivity contribution >= 4 is 0 Å². The van der Waals surface area contributed by atoms with Gasteiger partial charge in [-0.3, -0.25) is 9.80 Å². The lowest BCUT2D eigenvalue weighted by molar-refractivity contribution is 0.0222. The predicted octanol–water partition coefficient (Wildman–Crippen LogP) is 0.941. The summed E-state index contributed by atoms with van der Waals surface area (Å²) in [6.07, 6.45) is 0. The Hall–Kier alpha value is -0.160. The van der Waals surface area contributed by atoms with Crippen LogP contribution in [-0.4, -0.2) is 85.7 Å². The van der Waals surface area contributed by atoms with Crippen LogP contribution in [0.15, 0.2) is 0 Å². The molecule has 0 radical (unpaired) electrons. The molecule has 1 N–H and O–H groups in total.